The molecule has 0 aliphatic heterocycles. The molecule has 1 N–H and O–H groups in total. The first kappa shape index (κ1) is 18.8. The lowest BCUT2D eigenvalue weighted by atomic mass is 10.2. The first-order chi connectivity index (χ1) is 13.1. The lowest BCUT2D eigenvalue weighted by Crippen LogP contribution is -2.13. The van der Waals surface area contributed by atoms with Crippen LogP contribution in [0.25, 0.3) is 11.5 Å². The molecule has 3 aromatic rings. The molecule has 1 aromatic heterocycles. The van der Waals surface area contributed by atoms with E-state index >= 15 is 0 Å². The van der Waals surface area contributed by atoms with Gasteiger partial charge in [-0.2, -0.15) is 0 Å². The zero-order valence-electron chi connectivity index (χ0n) is 15.2. The first-order valence-electron chi connectivity index (χ1n) is 8.13. The van der Waals surface area contributed by atoms with E-state index in [1.54, 1.807) is 32.4 Å². The zero-order chi connectivity index (χ0) is 19.2. The maximum atomic E-state index is 12.1. The molecular weight excluding hydrogens is 366 g/mol. The van der Waals surface area contributed by atoms with Gasteiger partial charge in [-0.3, -0.25) is 4.79 Å². The number of methoxy groups -OCH3 is 2. The number of nitrogens with zero attached hydrogens (tertiary/aromatic N) is 2. The van der Waals surface area contributed by atoms with Crippen molar-refractivity contribution in [3.05, 3.63) is 48.0 Å². The van der Waals surface area contributed by atoms with E-state index in [9.17, 15) is 4.79 Å². The molecule has 27 heavy (non-hydrogen) atoms. The third-order valence-corrected chi connectivity index (χ3v) is 4.49. The van der Waals surface area contributed by atoms with Crippen LogP contribution in [-0.2, 0) is 4.79 Å². The van der Waals surface area contributed by atoms with Crippen molar-refractivity contribution in [2.45, 2.75) is 12.1 Å². The predicted molar refractivity (Wildman–Crippen MR) is 103 cm³/mol. The molecule has 0 aliphatic rings. The number of amides is 1. The molecule has 0 saturated carbocycles. The minimum atomic E-state index is -0.147. The van der Waals surface area contributed by atoms with E-state index in [0.29, 0.717) is 28.2 Å². The molecule has 8 heteroatoms. The fraction of sp³-hybridized carbons (Fsp3) is 0.211. The van der Waals surface area contributed by atoms with Gasteiger partial charge in [0.05, 0.1) is 20.0 Å². The van der Waals surface area contributed by atoms with Crippen LogP contribution in [0.5, 0.6) is 11.5 Å². The smallest absolute Gasteiger partial charge is 0.277 e. The van der Waals surface area contributed by atoms with Gasteiger partial charge in [0.25, 0.3) is 5.22 Å². The molecule has 0 bridgehead atoms. The Morgan fingerprint density at radius 3 is 2.37 bits per heavy atom. The van der Waals surface area contributed by atoms with Crippen molar-refractivity contribution in [1.29, 1.82) is 0 Å². The highest BCUT2D eigenvalue weighted by Gasteiger charge is 2.13. The largest absolute Gasteiger partial charge is 0.497 e. The van der Waals surface area contributed by atoms with Crippen molar-refractivity contribution < 1.29 is 18.7 Å². The Hall–Kier alpha value is -3.00. The average molecular weight is 385 g/mol. The SMILES string of the molecule is COc1cc(OC)cc(-c2nnc(SCC(=O)Nc3ccc(C)cc3)o2)c1. The summed E-state index contributed by atoms with van der Waals surface area (Å²) in [5.74, 6) is 1.58. The second kappa shape index (κ2) is 8.59. The summed E-state index contributed by atoms with van der Waals surface area (Å²) in [4.78, 5) is 12.1. The summed E-state index contributed by atoms with van der Waals surface area (Å²) in [6, 6.07) is 12.9. The molecule has 7 nitrogen and oxygen atoms in total. The Bertz CT molecular complexity index is 903. The third-order valence-electron chi connectivity index (χ3n) is 3.67. The molecule has 0 aliphatic carbocycles. The van der Waals surface area contributed by atoms with Crippen molar-refractivity contribution in [2.24, 2.45) is 0 Å². The van der Waals surface area contributed by atoms with Crippen molar-refractivity contribution in [1.82, 2.24) is 10.2 Å². The summed E-state index contributed by atoms with van der Waals surface area (Å²) in [6.07, 6.45) is 0. The Morgan fingerprint density at radius 2 is 1.74 bits per heavy atom. The predicted octanol–water partition coefficient (Wildman–Crippen LogP) is 3.79. The highest BCUT2D eigenvalue weighted by molar-refractivity contribution is 7.99. The lowest BCUT2D eigenvalue weighted by Gasteiger charge is -2.05. The van der Waals surface area contributed by atoms with Crippen LogP contribution in [0.3, 0.4) is 0 Å². The molecule has 0 radical (unpaired) electrons. The highest BCUT2D eigenvalue weighted by Crippen LogP contribution is 2.30. The quantitative estimate of drug-likeness (QED) is 0.619. The fourth-order valence-corrected chi connectivity index (χ4v) is 2.84. The zero-order valence-corrected chi connectivity index (χ0v) is 16.0. The topological polar surface area (TPSA) is 86.5 Å². The minimum absolute atomic E-state index is 0.147. The van der Waals surface area contributed by atoms with Crippen LogP contribution in [-0.4, -0.2) is 36.1 Å². The number of benzene rings is 2. The maximum Gasteiger partial charge on any atom is 0.277 e. The first-order valence-corrected chi connectivity index (χ1v) is 9.12. The number of nitrogens with one attached hydrogen (secondary N) is 1. The summed E-state index contributed by atoms with van der Waals surface area (Å²) < 4.78 is 16.1. The molecule has 3 rings (SSSR count). The van der Waals surface area contributed by atoms with E-state index in [4.69, 9.17) is 13.9 Å². The van der Waals surface area contributed by atoms with Crippen LogP contribution in [0.4, 0.5) is 5.69 Å². The number of anilines is 1. The van der Waals surface area contributed by atoms with E-state index in [1.807, 2.05) is 31.2 Å². The van der Waals surface area contributed by atoms with E-state index in [0.717, 1.165) is 11.3 Å². The standard InChI is InChI=1S/C19H19N3O4S/c1-12-4-6-14(7-5-12)20-17(23)11-27-19-22-21-18(26-19)13-8-15(24-2)10-16(9-13)25-3/h4-10H,11H2,1-3H3,(H,20,23). The van der Waals surface area contributed by atoms with Gasteiger partial charge in [0.15, 0.2) is 0 Å². The van der Waals surface area contributed by atoms with Crippen LogP contribution in [0.2, 0.25) is 0 Å². The Kier molecular flexibility index (Phi) is 5.97. The van der Waals surface area contributed by atoms with Gasteiger partial charge < -0.3 is 19.2 Å². The third kappa shape index (κ3) is 5.01. The van der Waals surface area contributed by atoms with Gasteiger partial charge in [0.1, 0.15) is 11.5 Å². The molecule has 0 unspecified atom stereocenters. The number of rotatable bonds is 7. The van der Waals surface area contributed by atoms with Gasteiger partial charge in [-0.15, -0.1) is 10.2 Å². The highest BCUT2D eigenvalue weighted by atomic mass is 32.2. The van der Waals surface area contributed by atoms with Gasteiger partial charge >= 0.3 is 0 Å². The summed E-state index contributed by atoms with van der Waals surface area (Å²) in [5, 5.41) is 11.1. The summed E-state index contributed by atoms with van der Waals surface area (Å²) in [6.45, 7) is 1.99. The van der Waals surface area contributed by atoms with Gasteiger partial charge in [-0.25, -0.2) is 0 Å². The number of hydrogen-bond donors (Lipinski definition) is 1. The number of carbonyl (C=O) groups excluding carboxylic acids is 1. The second-order valence-corrected chi connectivity index (χ2v) is 6.60. The van der Waals surface area contributed by atoms with Crippen molar-refractivity contribution in [2.75, 3.05) is 25.3 Å². The summed E-state index contributed by atoms with van der Waals surface area (Å²) in [7, 11) is 3.14. The van der Waals surface area contributed by atoms with Crippen LogP contribution < -0.4 is 14.8 Å². The maximum absolute atomic E-state index is 12.1. The minimum Gasteiger partial charge on any atom is -0.497 e. The van der Waals surface area contributed by atoms with Crippen molar-refractivity contribution >= 4 is 23.4 Å². The summed E-state index contributed by atoms with van der Waals surface area (Å²) in [5.41, 5.74) is 2.56. The number of hydrogen-bond acceptors (Lipinski definition) is 7. The van der Waals surface area contributed by atoms with E-state index in [-0.39, 0.29) is 11.7 Å². The second-order valence-electron chi connectivity index (χ2n) is 5.68. The molecule has 140 valence electrons. The van der Waals surface area contributed by atoms with E-state index in [1.165, 1.54) is 11.8 Å². The van der Waals surface area contributed by atoms with Crippen LogP contribution in [0, 0.1) is 6.92 Å². The number of thioether (sulfide) groups is 1. The Balaban J connectivity index is 1.62. The van der Waals surface area contributed by atoms with E-state index in [2.05, 4.69) is 15.5 Å². The molecule has 0 saturated heterocycles. The molecule has 1 heterocycles. The van der Waals surface area contributed by atoms with Gasteiger partial charge in [-0.1, -0.05) is 29.5 Å². The van der Waals surface area contributed by atoms with Gasteiger partial charge in [0.2, 0.25) is 11.8 Å². The summed E-state index contributed by atoms with van der Waals surface area (Å²) >= 11 is 1.17. The normalized spacial score (nSPS) is 10.5. The molecule has 2 aromatic carbocycles. The number of aromatic nitrogens is 2. The average Bonchev–Trinajstić information content (AvgIpc) is 3.17. The number of ether oxygens (including phenoxy) is 2. The van der Waals surface area contributed by atoms with Crippen molar-refractivity contribution in [3.8, 4) is 23.0 Å². The Morgan fingerprint density at radius 1 is 1.07 bits per heavy atom. The Labute approximate surface area is 161 Å². The number of aryl methyl sites for hydroxylation is 1. The van der Waals surface area contributed by atoms with Crippen LogP contribution >= 0.6 is 11.8 Å². The molecule has 0 spiro atoms. The number of carbonyl (C=O) groups is 1. The van der Waals surface area contributed by atoms with Crippen LogP contribution in [0.15, 0.2) is 52.1 Å². The van der Waals surface area contributed by atoms with Gasteiger partial charge in [-0.05, 0) is 31.2 Å². The molecule has 1 amide bonds. The lowest BCUT2D eigenvalue weighted by molar-refractivity contribution is -0.113. The fourth-order valence-electron chi connectivity index (χ4n) is 2.28. The molecule has 0 atom stereocenters. The van der Waals surface area contributed by atoms with Crippen LogP contribution in [0.1, 0.15) is 5.56 Å². The van der Waals surface area contributed by atoms with E-state index < -0.39 is 0 Å². The molecular formula is C19H19N3O4S. The monoisotopic (exact) mass is 385 g/mol. The van der Waals surface area contributed by atoms with Crippen molar-refractivity contribution in [3.63, 3.8) is 0 Å². The van der Waals surface area contributed by atoms with Gasteiger partial charge in [0, 0.05) is 17.3 Å². The molecule has 0 fully saturated rings.